The third-order valence-electron chi connectivity index (χ3n) is 4.15. The minimum Gasteiger partial charge on any atom is -0.507 e. The van der Waals surface area contributed by atoms with Crippen LogP contribution in [0.3, 0.4) is 0 Å². The van der Waals surface area contributed by atoms with Gasteiger partial charge in [0.2, 0.25) is 6.10 Å². The maximum Gasteiger partial charge on any atom is 0.351 e. The Morgan fingerprint density at radius 1 is 1.25 bits per heavy atom. The first-order valence-electron chi connectivity index (χ1n) is 8.48. The second-order valence-corrected chi connectivity index (χ2v) is 6.01. The molecule has 2 N–H and O–H groups in total. The molecule has 2 aromatic carbocycles. The zero-order valence-corrected chi connectivity index (χ0v) is 14.6. The van der Waals surface area contributed by atoms with Crippen molar-refractivity contribution in [1.82, 2.24) is 9.97 Å². The van der Waals surface area contributed by atoms with Crippen LogP contribution in [0, 0.1) is 11.3 Å². The molecule has 28 heavy (non-hydrogen) atoms. The molecule has 0 bridgehead atoms. The van der Waals surface area contributed by atoms with Gasteiger partial charge >= 0.3 is 5.97 Å². The molecule has 0 unspecified atom stereocenters. The fraction of sp³-hybridized carbons (Fsp3) is 0.150. The van der Waals surface area contributed by atoms with Gasteiger partial charge < -0.3 is 24.3 Å². The first-order valence-corrected chi connectivity index (χ1v) is 8.48. The molecule has 0 spiro atoms. The lowest BCUT2D eigenvalue weighted by molar-refractivity contribution is -0.154. The normalized spacial score (nSPS) is 16.2. The molecule has 1 atom stereocenters. The molecule has 0 saturated carbocycles. The average Bonchev–Trinajstić information content (AvgIpc) is 3.15. The minimum atomic E-state index is -0.959. The molecule has 0 saturated heterocycles. The summed E-state index contributed by atoms with van der Waals surface area (Å²) in [4.78, 5) is 19.5. The van der Waals surface area contributed by atoms with Gasteiger partial charge in [-0.2, -0.15) is 5.26 Å². The molecular weight excluding hydrogens is 362 g/mol. The Hall–Kier alpha value is -3.99. The number of imidazole rings is 1. The second-order valence-electron chi connectivity index (χ2n) is 6.01. The van der Waals surface area contributed by atoms with Gasteiger partial charge in [-0.25, -0.2) is 9.78 Å². The Balaban J connectivity index is 1.46. The fourth-order valence-electron chi connectivity index (χ4n) is 2.77. The molecule has 0 amide bonds. The van der Waals surface area contributed by atoms with E-state index in [0.717, 1.165) is 5.52 Å². The number of nitrogens with one attached hydrogen (secondary N) is 1. The SMILES string of the molecule is N#CC(=C(O)COC(=O)[C@H]1COc2ccccc2O1)c1nc2ccccc2[nH]1. The Morgan fingerprint density at radius 3 is 2.79 bits per heavy atom. The number of aromatic nitrogens is 2. The predicted molar refractivity (Wildman–Crippen MR) is 98.6 cm³/mol. The molecular formula is C20H15N3O5. The molecule has 1 aliphatic rings. The Bertz CT molecular complexity index is 1080. The van der Waals surface area contributed by atoms with Gasteiger partial charge in [0.15, 0.2) is 23.1 Å². The quantitative estimate of drug-likeness (QED) is 0.408. The van der Waals surface area contributed by atoms with Crippen molar-refractivity contribution in [1.29, 1.82) is 5.26 Å². The molecule has 0 fully saturated rings. The topological polar surface area (TPSA) is 117 Å². The number of nitrogens with zero attached hydrogens (tertiary/aromatic N) is 2. The van der Waals surface area contributed by atoms with E-state index in [1.54, 1.807) is 36.4 Å². The Kier molecular flexibility index (Phi) is 4.56. The summed E-state index contributed by atoms with van der Waals surface area (Å²) in [5.41, 5.74) is 1.28. The Labute approximate surface area is 159 Å². The maximum atomic E-state index is 12.2. The van der Waals surface area contributed by atoms with Crippen molar-refractivity contribution in [2.75, 3.05) is 13.2 Å². The van der Waals surface area contributed by atoms with Gasteiger partial charge in [0.05, 0.1) is 11.0 Å². The number of hydrogen-bond donors (Lipinski definition) is 2. The van der Waals surface area contributed by atoms with Gasteiger partial charge in [0.25, 0.3) is 0 Å². The summed E-state index contributed by atoms with van der Waals surface area (Å²) in [7, 11) is 0. The summed E-state index contributed by atoms with van der Waals surface area (Å²) in [5.74, 6) is 0.0693. The lowest BCUT2D eigenvalue weighted by Gasteiger charge is -2.24. The number of hydrogen-bond acceptors (Lipinski definition) is 7. The lowest BCUT2D eigenvalue weighted by atomic mass is 10.2. The number of aliphatic hydroxyl groups is 1. The highest BCUT2D eigenvalue weighted by molar-refractivity contribution is 5.83. The number of carbonyl (C=O) groups excluding carboxylic acids is 1. The van der Waals surface area contributed by atoms with Crippen LogP contribution in [0.5, 0.6) is 11.5 Å². The molecule has 1 aromatic heterocycles. The number of esters is 1. The van der Waals surface area contributed by atoms with E-state index in [-0.39, 0.29) is 18.0 Å². The van der Waals surface area contributed by atoms with Crippen LogP contribution in [-0.2, 0) is 9.53 Å². The number of fused-ring (bicyclic) bond motifs is 2. The van der Waals surface area contributed by atoms with Crippen LogP contribution < -0.4 is 9.47 Å². The van der Waals surface area contributed by atoms with Crippen molar-refractivity contribution < 1.29 is 24.1 Å². The van der Waals surface area contributed by atoms with Crippen LogP contribution in [-0.4, -0.2) is 40.4 Å². The summed E-state index contributed by atoms with van der Waals surface area (Å²) in [6.07, 6.45) is -0.959. The van der Waals surface area contributed by atoms with Crippen LogP contribution in [0.2, 0.25) is 0 Å². The van der Waals surface area contributed by atoms with E-state index >= 15 is 0 Å². The number of allylic oxidation sites excluding steroid dienone is 1. The number of benzene rings is 2. The van der Waals surface area contributed by atoms with Crippen LogP contribution in [0.15, 0.2) is 54.3 Å². The number of aliphatic hydroxyl groups excluding tert-OH is 1. The smallest absolute Gasteiger partial charge is 0.351 e. The molecule has 0 aliphatic carbocycles. The molecule has 8 heteroatoms. The number of nitriles is 1. The molecule has 4 rings (SSSR count). The zero-order valence-electron chi connectivity index (χ0n) is 14.6. The van der Waals surface area contributed by atoms with E-state index in [9.17, 15) is 15.2 Å². The van der Waals surface area contributed by atoms with Crippen molar-refractivity contribution in [3.05, 3.63) is 60.1 Å². The number of rotatable bonds is 4. The zero-order chi connectivity index (χ0) is 19.5. The molecule has 140 valence electrons. The highest BCUT2D eigenvalue weighted by atomic mass is 16.6. The van der Waals surface area contributed by atoms with Gasteiger partial charge in [-0.05, 0) is 24.3 Å². The number of carbonyl (C=O) groups is 1. The van der Waals surface area contributed by atoms with E-state index in [4.69, 9.17) is 14.2 Å². The van der Waals surface area contributed by atoms with E-state index in [2.05, 4.69) is 9.97 Å². The van der Waals surface area contributed by atoms with Crippen molar-refractivity contribution in [3.8, 4) is 17.6 Å². The largest absolute Gasteiger partial charge is 0.507 e. The third-order valence-corrected chi connectivity index (χ3v) is 4.15. The standard InChI is InChI=1S/C20H15N3O5/c21-9-12(19-22-13-5-1-2-6-14(13)23-19)15(24)10-27-20(25)18-11-26-16-7-3-4-8-17(16)28-18/h1-8,18,24H,10-11H2,(H,22,23)/t18-/m1/s1. The van der Waals surface area contributed by atoms with Gasteiger partial charge in [-0.15, -0.1) is 0 Å². The third kappa shape index (κ3) is 3.33. The van der Waals surface area contributed by atoms with Crippen molar-refractivity contribution >= 4 is 22.6 Å². The molecule has 3 aromatic rings. The summed E-state index contributed by atoms with van der Waals surface area (Å²) in [6, 6.07) is 16.1. The second kappa shape index (κ2) is 7.32. The van der Waals surface area contributed by atoms with E-state index in [1.807, 2.05) is 18.2 Å². The summed E-state index contributed by atoms with van der Waals surface area (Å²) in [5, 5.41) is 19.6. The van der Waals surface area contributed by atoms with E-state index < -0.39 is 24.4 Å². The number of ether oxygens (including phenoxy) is 3. The van der Waals surface area contributed by atoms with Gasteiger partial charge in [-0.1, -0.05) is 24.3 Å². The van der Waals surface area contributed by atoms with Gasteiger partial charge in [0, 0.05) is 0 Å². The van der Waals surface area contributed by atoms with Gasteiger partial charge in [0.1, 0.15) is 24.9 Å². The number of para-hydroxylation sites is 4. The number of H-pyrrole nitrogens is 1. The van der Waals surface area contributed by atoms with Crippen LogP contribution in [0.4, 0.5) is 0 Å². The van der Waals surface area contributed by atoms with Crippen LogP contribution in [0.1, 0.15) is 5.82 Å². The summed E-state index contributed by atoms with van der Waals surface area (Å²) < 4.78 is 16.1. The van der Waals surface area contributed by atoms with E-state index in [0.29, 0.717) is 17.0 Å². The van der Waals surface area contributed by atoms with Crippen molar-refractivity contribution in [3.63, 3.8) is 0 Å². The maximum absolute atomic E-state index is 12.2. The van der Waals surface area contributed by atoms with Crippen LogP contribution >= 0.6 is 0 Å². The van der Waals surface area contributed by atoms with Gasteiger partial charge in [-0.3, -0.25) is 0 Å². The lowest BCUT2D eigenvalue weighted by Crippen LogP contribution is -2.38. The average molecular weight is 377 g/mol. The first kappa shape index (κ1) is 17.4. The highest BCUT2D eigenvalue weighted by Gasteiger charge is 2.29. The van der Waals surface area contributed by atoms with E-state index in [1.165, 1.54) is 0 Å². The fourth-order valence-corrected chi connectivity index (χ4v) is 2.77. The van der Waals surface area contributed by atoms with Crippen LogP contribution in [0.25, 0.3) is 16.6 Å². The monoisotopic (exact) mass is 377 g/mol. The predicted octanol–water partition coefficient (Wildman–Crippen LogP) is 2.74. The summed E-state index contributed by atoms with van der Waals surface area (Å²) >= 11 is 0. The highest BCUT2D eigenvalue weighted by Crippen LogP contribution is 2.31. The molecule has 1 aliphatic heterocycles. The first-order chi connectivity index (χ1) is 13.7. The van der Waals surface area contributed by atoms with Crippen molar-refractivity contribution in [2.45, 2.75) is 6.10 Å². The molecule has 8 nitrogen and oxygen atoms in total. The Morgan fingerprint density at radius 2 is 2.00 bits per heavy atom. The minimum absolute atomic E-state index is 0.00496. The molecule has 0 radical (unpaired) electrons. The summed E-state index contributed by atoms with van der Waals surface area (Å²) in [6.45, 7) is -0.491. The molecule has 2 heterocycles. The van der Waals surface area contributed by atoms with Crippen molar-refractivity contribution in [2.24, 2.45) is 0 Å². The number of aromatic amines is 1.